The highest BCUT2D eigenvalue weighted by atomic mass is 15.2. The molecule has 0 fully saturated rings. The number of para-hydroxylation sites is 1. The fourth-order valence-corrected chi connectivity index (χ4v) is 2.24. The Bertz CT molecular complexity index is 392. The Balaban J connectivity index is 2.36. The van der Waals surface area contributed by atoms with E-state index in [0.717, 1.165) is 26.1 Å². The number of hydrogen-bond donors (Lipinski definition) is 1. The number of hydrogen-bond acceptors (Lipinski definition) is 2. The lowest BCUT2D eigenvalue weighted by Crippen LogP contribution is -2.37. The SMILES string of the molecule is C#CC(CC)N1CCNCc2ccccc21. The normalized spacial score (nSPS) is 17.1. The molecule has 1 atom stereocenters. The summed E-state index contributed by atoms with van der Waals surface area (Å²) in [5.74, 6) is 2.89. The molecule has 1 aliphatic rings. The molecule has 1 unspecified atom stereocenters. The van der Waals surface area contributed by atoms with Crippen LogP contribution in [0.2, 0.25) is 0 Å². The van der Waals surface area contributed by atoms with E-state index in [4.69, 9.17) is 6.42 Å². The molecule has 0 aromatic heterocycles. The summed E-state index contributed by atoms with van der Waals surface area (Å²) < 4.78 is 0. The summed E-state index contributed by atoms with van der Waals surface area (Å²) in [6, 6.07) is 8.72. The van der Waals surface area contributed by atoms with Gasteiger partial charge in [-0.15, -0.1) is 6.42 Å². The van der Waals surface area contributed by atoms with E-state index < -0.39 is 0 Å². The minimum absolute atomic E-state index is 0.209. The maximum Gasteiger partial charge on any atom is 0.0899 e. The molecule has 1 aromatic rings. The topological polar surface area (TPSA) is 15.3 Å². The van der Waals surface area contributed by atoms with Crippen LogP contribution in [0.4, 0.5) is 5.69 Å². The molecule has 1 N–H and O–H groups in total. The number of rotatable bonds is 2. The third kappa shape index (κ3) is 2.05. The third-order valence-corrected chi connectivity index (χ3v) is 3.10. The summed E-state index contributed by atoms with van der Waals surface area (Å²) in [7, 11) is 0. The average molecular weight is 214 g/mol. The van der Waals surface area contributed by atoms with Gasteiger partial charge in [-0.05, 0) is 18.1 Å². The van der Waals surface area contributed by atoms with E-state index in [0.29, 0.717) is 0 Å². The van der Waals surface area contributed by atoms with Gasteiger partial charge in [-0.25, -0.2) is 0 Å². The van der Waals surface area contributed by atoms with Crippen LogP contribution in [-0.4, -0.2) is 19.1 Å². The van der Waals surface area contributed by atoms with Crippen LogP contribution in [0.5, 0.6) is 0 Å². The van der Waals surface area contributed by atoms with Crippen molar-refractivity contribution < 1.29 is 0 Å². The number of anilines is 1. The number of nitrogens with one attached hydrogen (secondary N) is 1. The van der Waals surface area contributed by atoms with Gasteiger partial charge in [0.25, 0.3) is 0 Å². The molecule has 0 bridgehead atoms. The summed E-state index contributed by atoms with van der Waals surface area (Å²) in [6.07, 6.45) is 6.60. The maximum atomic E-state index is 5.61. The van der Waals surface area contributed by atoms with Crippen LogP contribution in [-0.2, 0) is 6.54 Å². The first-order chi connectivity index (χ1) is 7.86. The number of nitrogens with zero attached hydrogens (tertiary/aromatic N) is 1. The largest absolute Gasteiger partial charge is 0.356 e. The second-order valence-corrected chi connectivity index (χ2v) is 4.09. The quantitative estimate of drug-likeness (QED) is 0.758. The highest BCUT2D eigenvalue weighted by Gasteiger charge is 2.19. The molecule has 0 radical (unpaired) electrons. The molecule has 84 valence electrons. The fourth-order valence-electron chi connectivity index (χ4n) is 2.24. The van der Waals surface area contributed by atoms with Crippen molar-refractivity contribution in [1.82, 2.24) is 5.32 Å². The lowest BCUT2D eigenvalue weighted by atomic mass is 10.1. The molecule has 2 nitrogen and oxygen atoms in total. The predicted molar refractivity (Wildman–Crippen MR) is 68.4 cm³/mol. The Hall–Kier alpha value is -1.46. The minimum Gasteiger partial charge on any atom is -0.356 e. The average Bonchev–Trinajstić information content (AvgIpc) is 2.54. The Labute approximate surface area is 97.7 Å². The molecule has 2 heteroatoms. The van der Waals surface area contributed by atoms with Gasteiger partial charge in [0.2, 0.25) is 0 Å². The van der Waals surface area contributed by atoms with Gasteiger partial charge < -0.3 is 10.2 Å². The van der Waals surface area contributed by atoms with Gasteiger partial charge in [0.1, 0.15) is 0 Å². The van der Waals surface area contributed by atoms with Crippen molar-refractivity contribution in [3.05, 3.63) is 29.8 Å². The van der Waals surface area contributed by atoms with Crippen LogP contribution in [0.3, 0.4) is 0 Å². The van der Waals surface area contributed by atoms with Gasteiger partial charge in [0.15, 0.2) is 0 Å². The van der Waals surface area contributed by atoms with Crippen molar-refractivity contribution in [3.8, 4) is 12.3 Å². The second-order valence-electron chi connectivity index (χ2n) is 4.09. The van der Waals surface area contributed by atoms with E-state index in [2.05, 4.69) is 47.3 Å². The lowest BCUT2D eigenvalue weighted by Gasteiger charge is -2.29. The number of terminal acetylenes is 1. The van der Waals surface area contributed by atoms with Crippen molar-refractivity contribution in [1.29, 1.82) is 0 Å². The smallest absolute Gasteiger partial charge is 0.0899 e. The molecule has 1 heterocycles. The Morgan fingerprint density at radius 3 is 3.06 bits per heavy atom. The molecular formula is C14H18N2. The summed E-state index contributed by atoms with van der Waals surface area (Å²) in [6.45, 7) is 5.06. The molecule has 0 saturated heterocycles. The van der Waals surface area contributed by atoms with Gasteiger partial charge in [-0.1, -0.05) is 31.0 Å². The van der Waals surface area contributed by atoms with Crippen molar-refractivity contribution in [3.63, 3.8) is 0 Å². The van der Waals surface area contributed by atoms with Gasteiger partial charge >= 0.3 is 0 Å². The molecule has 1 aliphatic heterocycles. The highest BCUT2D eigenvalue weighted by molar-refractivity contribution is 5.56. The standard InChI is InChI=1S/C14H18N2/c1-3-13(4-2)16-10-9-15-11-12-7-5-6-8-14(12)16/h1,5-8,13,15H,4,9-11H2,2H3. The molecular weight excluding hydrogens is 196 g/mol. The summed E-state index contributed by atoms with van der Waals surface area (Å²) in [5, 5.41) is 3.43. The first-order valence-electron chi connectivity index (χ1n) is 5.88. The van der Waals surface area contributed by atoms with Gasteiger partial charge in [0.05, 0.1) is 6.04 Å². The van der Waals surface area contributed by atoms with E-state index >= 15 is 0 Å². The van der Waals surface area contributed by atoms with Crippen molar-refractivity contribution >= 4 is 5.69 Å². The molecule has 1 aromatic carbocycles. The molecule has 0 saturated carbocycles. The molecule has 16 heavy (non-hydrogen) atoms. The number of fused-ring (bicyclic) bond motifs is 1. The Kier molecular flexibility index (Phi) is 3.48. The fraction of sp³-hybridized carbons (Fsp3) is 0.429. The zero-order valence-electron chi connectivity index (χ0n) is 9.74. The van der Waals surface area contributed by atoms with Crippen LogP contribution >= 0.6 is 0 Å². The molecule has 0 aliphatic carbocycles. The van der Waals surface area contributed by atoms with E-state index in [1.807, 2.05) is 0 Å². The van der Waals surface area contributed by atoms with Crippen LogP contribution < -0.4 is 10.2 Å². The summed E-state index contributed by atoms with van der Waals surface area (Å²) >= 11 is 0. The van der Waals surface area contributed by atoms with Crippen LogP contribution in [0.15, 0.2) is 24.3 Å². The molecule has 0 spiro atoms. The Morgan fingerprint density at radius 2 is 2.31 bits per heavy atom. The van der Waals surface area contributed by atoms with Crippen LogP contribution in [0, 0.1) is 12.3 Å². The van der Waals surface area contributed by atoms with Crippen LogP contribution in [0.1, 0.15) is 18.9 Å². The maximum absolute atomic E-state index is 5.61. The van der Waals surface area contributed by atoms with Crippen molar-refractivity contribution in [2.75, 3.05) is 18.0 Å². The lowest BCUT2D eigenvalue weighted by molar-refractivity contribution is 0.647. The van der Waals surface area contributed by atoms with E-state index in [1.165, 1.54) is 11.3 Å². The van der Waals surface area contributed by atoms with E-state index in [-0.39, 0.29) is 6.04 Å². The van der Waals surface area contributed by atoms with Crippen molar-refractivity contribution in [2.45, 2.75) is 25.9 Å². The van der Waals surface area contributed by atoms with Gasteiger partial charge in [-0.3, -0.25) is 0 Å². The summed E-state index contributed by atoms with van der Waals surface area (Å²) in [4.78, 5) is 2.34. The Morgan fingerprint density at radius 1 is 1.50 bits per heavy atom. The first-order valence-corrected chi connectivity index (χ1v) is 5.88. The van der Waals surface area contributed by atoms with Crippen molar-refractivity contribution in [2.24, 2.45) is 0 Å². The third-order valence-electron chi connectivity index (χ3n) is 3.10. The van der Waals surface area contributed by atoms with E-state index in [1.54, 1.807) is 0 Å². The zero-order chi connectivity index (χ0) is 11.4. The first kappa shape index (κ1) is 11.0. The zero-order valence-corrected chi connectivity index (χ0v) is 9.74. The highest BCUT2D eigenvalue weighted by Crippen LogP contribution is 2.24. The monoisotopic (exact) mass is 214 g/mol. The van der Waals surface area contributed by atoms with E-state index in [9.17, 15) is 0 Å². The van der Waals surface area contributed by atoms with Crippen LogP contribution in [0.25, 0.3) is 0 Å². The van der Waals surface area contributed by atoms with Gasteiger partial charge in [-0.2, -0.15) is 0 Å². The predicted octanol–water partition coefficient (Wildman–Crippen LogP) is 2.01. The second kappa shape index (κ2) is 5.05. The number of benzene rings is 1. The molecule has 0 amide bonds. The van der Waals surface area contributed by atoms with Gasteiger partial charge in [0, 0.05) is 25.3 Å². The summed E-state index contributed by atoms with van der Waals surface area (Å²) in [5.41, 5.74) is 2.63. The minimum atomic E-state index is 0.209. The molecule has 2 rings (SSSR count).